The molecule has 4 atom stereocenters. The number of rotatable bonds is 2. The van der Waals surface area contributed by atoms with E-state index in [4.69, 9.17) is 5.73 Å². The number of aliphatic hydroxyl groups is 3. The molecule has 170 valence electrons. The molecule has 7 N–H and O–H groups in total. The van der Waals surface area contributed by atoms with E-state index >= 15 is 0 Å². The Morgan fingerprint density at radius 3 is 2.55 bits per heavy atom. The Labute approximate surface area is 187 Å². The molecular weight excluding hydrogens is 428 g/mol. The maximum atomic E-state index is 13.5. The molecule has 33 heavy (non-hydrogen) atoms. The number of nitrogens with one attached hydrogen (secondary N) is 1. The van der Waals surface area contributed by atoms with Crippen LogP contribution in [0.1, 0.15) is 22.3 Å². The lowest BCUT2D eigenvalue weighted by molar-refractivity contribution is -0.146. The Morgan fingerprint density at radius 2 is 1.88 bits per heavy atom. The molecule has 3 aliphatic rings. The smallest absolute Gasteiger partial charge is 0.255 e. The summed E-state index contributed by atoms with van der Waals surface area (Å²) in [6, 6.07) is 7.68. The average molecular weight is 450 g/mol. The van der Waals surface area contributed by atoms with Crippen molar-refractivity contribution in [1.82, 2.24) is 5.32 Å². The van der Waals surface area contributed by atoms with Crippen molar-refractivity contribution in [2.75, 3.05) is 7.05 Å². The summed E-state index contributed by atoms with van der Waals surface area (Å²) < 4.78 is 0. The lowest BCUT2D eigenvalue weighted by Gasteiger charge is -2.48. The molecule has 2 aromatic carbocycles. The second-order valence-electron chi connectivity index (χ2n) is 8.79. The quantitative estimate of drug-likeness (QED) is 0.367. The van der Waals surface area contributed by atoms with Crippen LogP contribution in [0.3, 0.4) is 0 Å². The fourth-order valence-electron chi connectivity index (χ4n) is 5.78. The minimum absolute atomic E-state index is 0.00971. The highest BCUT2D eigenvalue weighted by Crippen LogP contribution is 2.52. The van der Waals surface area contributed by atoms with Crippen molar-refractivity contribution in [1.29, 1.82) is 0 Å². The van der Waals surface area contributed by atoms with Crippen LogP contribution in [0.4, 0.5) is 0 Å². The number of ketones is 2. The summed E-state index contributed by atoms with van der Waals surface area (Å²) >= 11 is 0. The monoisotopic (exact) mass is 450 g/mol. The van der Waals surface area contributed by atoms with Gasteiger partial charge in [0.15, 0.2) is 11.4 Å². The Morgan fingerprint density at radius 1 is 1.18 bits per heavy atom. The van der Waals surface area contributed by atoms with Gasteiger partial charge < -0.3 is 31.5 Å². The molecule has 0 spiro atoms. The second kappa shape index (κ2) is 6.90. The predicted octanol–water partition coefficient (Wildman–Crippen LogP) is 0.932. The molecule has 5 rings (SSSR count). The van der Waals surface area contributed by atoms with Gasteiger partial charge in [-0.05, 0) is 48.2 Å². The van der Waals surface area contributed by atoms with E-state index < -0.39 is 58.0 Å². The molecule has 0 saturated carbocycles. The maximum absolute atomic E-state index is 13.5. The fraction of sp³-hybridized carbons (Fsp3) is 0.292. The molecule has 0 bridgehead atoms. The number of carbonyl (C=O) groups is 3. The number of carbonyl (C=O) groups excluding carboxylic acids is 3. The molecule has 0 saturated heterocycles. The van der Waals surface area contributed by atoms with Crippen molar-refractivity contribution in [2.24, 2.45) is 17.6 Å². The summed E-state index contributed by atoms with van der Waals surface area (Å²) in [5, 5.41) is 48.1. The fourth-order valence-corrected chi connectivity index (χ4v) is 5.78. The number of phenols is 1. The van der Waals surface area contributed by atoms with Crippen LogP contribution in [0.15, 0.2) is 53.0 Å². The number of hydrogen-bond acceptors (Lipinski definition) is 8. The molecule has 1 amide bonds. The first-order chi connectivity index (χ1) is 15.6. The lowest BCUT2D eigenvalue weighted by Crippen LogP contribution is -2.63. The van der Waals surface area contributed by atoms with Gasteiger partial charge in [0.1, 0.15) is 22.8 Å². The summed E-state index contributed by atoms with van der Waals surface area (Å²) in [4.78, 5) is 38.5. The van der Waals surface area contributed by atoms with Gasteiger partial charge in [-0.15, -0.1) is 0 Å². The Bertz CT molecular complexity index is 1340. The molecule has 3 aliphatic carbocycles. The van der Waals surface area contributed by atoms with Crippen LogP contribution in [0.25, 0.3) is 10.8 Å². The molecule has 0 radical (unpaired) electrons. The number of fused-ring (bicyclic) bond motifs is 5. The van der Waals surface area contributed by atoms with Crippen molar-refractivity contribution in [3.63, 3.8) is 0 Å². The first kappa shape index (κ1) is 21.2. The number of benzene rings is 2. The minimum atomic E-state index is -2.63. The van der Waals surface area contributed by atoms with E-state index in [0.29, 0.717) is 5.56 Å². The molecule has 0 heterocycles. The number of aliphatic hydroxyl groups excluding tert-OH is 2. The SMILES string of the molecule is CN[C@@H]1C(O)=C(C(N)=O)C(=O)[C@@]2(O)C(O)=C3C(=O)c4c(O)cc5ccccc5c4C[C@H]3C[C@@H]12. The summed E-state index contributed by atoms with van der Waals surface area (Å²) in [5.74, 6) is -6.60. The van der Waals surface area contributed by atoms with Crippen LogP contribution in [0.5, 0.6) is 5.75 Å². The van der Waals surface area contributed by atoms with Crippen LogP contribution >= 0.6 is 0 Å². The van der Waals surface area contributed by atoms with Crippen LogP contribution in [0.2, 0.25) is 0 Å². The molecule has 0 aliphatic heterocycles. The molecule has 0 aromatic heterocycles. The number of hydrogen-bond donors (Lipinski definition) is 6. The van der Waals surface area contributed by atoms with Gasteiger partial charge in [-0.1, -0.05) is 24.3 Å². The predicted molar refractivity (Wildman–Crippen MR) is 117 cm³/mol. The average Bonchev–Trinajstić information content (AvgIpc) is 2.76. The number of phenolic OH excluding ortho intramolecular Hbond substituents is 1. The van der Waals surface area contributed by atoms with Gasteiger partial charge in [-0.2, -0.15) is 0 Å². The molecule has 2 aromatic rings. The number of nitrogens with two attached hydrogens (primary N) is 1. The number of allylic oxidation sites excluding steroid dienone is 1. The number of Topliss-reactive ketones (excluding diaryl/α,β-unsaturated/α-hetero) is 2. The third-order valence-corrected chi connectivity index (χ3v) is 7.24. The van der Waals surface area contributed by atoms with Gasteiger partial charge >= 0.3 is 0 Å². The Kier molecular flexibility index (Phi) is 4.43. The van der Waals surface area contributed by atoms with Crippen molar-refractivity contribution in [3.8, 4) is 5.75 Å². The zero-order valence-electron chi connectivity index (χ0n) is 17.6. The summed E-state index contributed by atoms with van der Waals surface area (Å²) in [6.45, 7) is 0. The van der Waals surface area contributed by atoms with E-state index in [1.54, 1.807) is 0 Å². The van der Waals surface area contributed by atoms with Crippen LogP contribution in [-0.2, 0) is 16.0 Å². The molecule has 0 fully saturated rings. The number of likely N-dealkylation sites (N-methyl/N-ethyl adjacent to an activating group) is 1. The first-order valence-corrected chi connectivity index (χ1v) is 10.5. The Balaban J connectivity index is 1.76. The second-order valence-corrected chi connectivity index (χ2v) is 8.79. The topological polar surface area (TPSA) is 170 Å². The van der Waals surface area contributed by atoms with Crippen molar-refractivity contribution in [3.05, 3.63) is 64.1 Å². The van der Waals surface area contributed by atoms with E-state index in [9.17, 15) is 34.8 Å². The van der Waals surface area contributed by atoms with Crippen LogP contribution in [0, 0.1) is 11.8 Å². The Hall–Kier alpha value is -3.69. The van der Waals surface area contributed by atoms with Crippen molar-refractivity contribution >= 4 is 28.2 Å². The summed E-state index contributed by atoms with van der Waals surface area (Å²) in [6.07, 6.45) is 0.318. The minimum Gasteiger partial charge on any atom is -0.510 e. The van der Waals surface area contributed by atoms with E-state index in [0.717, 1.165) is 10.8 Å². The molecular formula is C24H22N2O7. The van der Waals surface area contributed by atoms with Crippen molar-refractivity contribution < 1.29 is 34.8 Å². The van der Waals surface area contributed by atoms with E-state index in [2.05, 4.69) is 5.32 Å². The van der Waals surface area contributed by atoms with E-state index in [1.807, 2.05) is 24.3 Å². The maximum Gasteiger partial charge on any atom is 0.255 e. The number of aromatic hydroxyl groups is 1. The van der Waals surface area contributed by atoms with Crippen LogP contribution < -0.4 is 11.1 Å². The highest BCUT2D eigenvalue weighted by atomic mass is 16.3. The molecule has 9 heteroatoms. The van der Waals surface area contributed by atoms with E-state index in [1.165, 1.54) is 13.1 Å². The highest BCUT2D eigenvalue weighted by Gasteiger charge is 2.62. The van der Waals surface area contributed by atoms with Crippen LogP contribution in [-0.4, -0.2) is 56.6 Å². The van der Waals surface area contributed by atoms with Crippen molar-refractivity contribution in [2.45, 2.75) is 24.5 Å². The third-order valence-electron chi connectivity index (χ3n) is 7.24. The summed E-state index contributed by atoms with van der Waals surface area (Å²) in [7, 11) is 1.47. The standard InChI is InChI=1S/C24H22N2O7/c1-26-18-13-7-10-6-12-11-5-3-2-4-9(11)8-14(27)16(12)19(28)15(10)21(30)24(13,33)22(31)17(20(18)29)23(25)32/h2-5,8,10,13,18,26-27,29-30,33H,6-7H2,1H3,(H2,25,32)/t10-,13-,18-,24-/m0/s1. The number of amides is 1. The zero-order valence-corrected chi connectivity index (χ0v) is 17.6. The van der Waals surface area contributed by atoms with Gasteiger partial charge in [-0.25, -0.2) is 0 Å². The van der Waals surface area contributed by atoms with E-state index in [-0.39, 0.29) is 29.7 Å². The largest absolute Gasteiger partial charge is 0.510 e. The van der Waals surface area contributed by atoms with Gasteiger partial charge in [0.25, 0.3) is 5.91 Å². The van der Waals surface area contributed by atoms with Gasteiger partial charge in [-0.3, -0.25) is 14.4 Å². The first-order valence-electron chi connectivity index (χ1n) is 10.5. The van der Waals surface area contributed by atoms with Gasteiger partial charge in [0.2, 0.25) is 5.78 Å². The third kappa shape index (κ3) is 2.57. The molecule has 0 unspecified atom stereocenters. The lowest BCUT2D eigenvalue weighted by atomic mass is 9.58. The van der Waals surface area contributed by atoms with Gasteiger partial charge in [0.05, 0.1) is 11.6 Å². The summed E-state index contributed by atoms with van der Waals surface area (Å²) in [5.41, 5.74) is 2.26. The molecule has 9 nitrogen and oxygen atoms in total. The normalized spacial score (nSPS) is 29.1. The van der Waals surface area contributed by atoms with Gasteiger partial charge in [0, 0.05) is 11.5 Å². The highest BCUT2D eigenvalue weighted by molar-refractivity contribution is 6.25. The number of primary amides is 1. The zero-order chi connectivity index (χ0) is 23.8.